The summed E-state index contributed by atoms with van der Waals surface area (Å²) in [6, 6.07) is 9.59. The Balaban J connectivity index is 1.89. The number of nitrogens with one attached hydrogen (secondary N) is 1. The Kier molecular flexibility index (Phi) is 5.71. The average Bonchev–Trinajstić information content (AvgIpc) is 2.93. The molecule has 1 amide bonds. The van der Waals surface area contributed by atoms with E-state index in [4.69, 9.17) is 9.69 Å². The molecule has 0 bridgehead atoms. The van der Waals surface area contributed by atoms with Crippen molar-refractivity contribution in [3.05, 3.63) is 36.0 Å². The zero-order chi connectivity index (χ0) is 18.7. The lowest BCUT2D eigenvalue weighted by Gasteiger charge is -2.36. The molecule has 0 unspecified atom stereocenters. The molecule has 0 aliphatic carbocycles. The molecule has 6 heteroatoms. The summed E-state index contributed by atoms with van der Waals surface area (Å²) >= 11 is 0. The van der Waals surface area contributed by atoms with Crippen molar-refractivity contribution in [1.29, 1.82) is 5.26 Å². The first-order chi connectivity index (χ1) is 11.7. The van der Waals surface area contributed by atoms with Crippen LogP contribution in [0.4, 0.5) is 0 Å². The summed E-state index contributed by atoms with van der Waals surface area (Å²) < 4.78 is 7.92. The first-order valence-corrected chi connectivity index (χ1v) is 11.4. The molecule has 1 heterocycles. The summed E-state index contributed by atoms with van der Waals surface area (Å²) in [6.45, 7) is 12.3. The highest BCUT2D eigenvalue weighted by Crippen LogP contribution is 2.36. The van der Waals surface area contributed by atoms with Gasteiger partial charge in [-0.1, -0.05) is 26.8 Å². The lowest BCUT2D eigenvalue weighted by atomic mass is 10.1. The maximum Gasteiger partial charge on any atom is 0.240 e. The van der Waals surface area contributed by atoms with E-state index in [0.717, 1.165) is 10.9 Å². The van der Waals surface area contributed by atoms with Gasteiger partial charge in [0, 0.05) is 23.6 Å². The third kappa shape index (κ3) is 4.50. The standard InChI is InChI=1S/C19H27N3O2Si/c1-19(2,3)25(4,5)24-12-10-21-18(23)14-22-11-9-16-15(13-20)7-6-8-17(16)22/h6-9,11H,10,12,14H2,1-5H3,(H,21,23). The van der Waals surface area contributed by atoms with E-state index in [1.54, 1.807) is 6.07 Å². The average molecular weight is 358 g/mol. The molecule has 0 saturated heterocycles. The molecule has 2 aromatic rings. The van der Waals surface area contributed by atoms with Crippen LogP contribution in [0.3, 0.4) is 0 Å². The van der Waals surface area contributed by atoms with Crippen LogP contribution in [0.25, 0.3) is 10.9 Å². The zero-order valence-corrected chi connectivity index (χ0v) is 16.7. The Hall–Kier alpha value is -2.10. The van der Waals surface area contributed by atoms with Gasteiger partial charge in [0.15, 0.2) is 8.32 Å². The monoisotopic (exact) mass is 357 g/mol. The Morgan fingerprint density at radius 1 is 1.32 bits per heavy atom. The summed E-state index contributed by atoms with van der Waals surface area (Å²) in [6.07, 6.45) is 1.84. The van der Waals surface area contributed by atoms with Crippen molar-refractivity contribution in [2.75, 3.05) is 13.2 Å². The number of nitriles is 1. The van der Waals surface area contributed by atoms with E-state index in [0.29, 0.717) is 18.7 Å². The minimum absolute atomic E-state index is 0.0568. The van der Waals surface area contributed by atoms with Gasteiger partial charge in [-0.2, -0.15) is 5.26 Å². The number of carbonyl (C=O) groups excluding carboxylic acids is 1. The predicted molar refractivity (Wildman–Crippen MR) is 103 cm³/mol. The van der Waals surface area contributed by atoms with E-state index in [9.17, 15) is 4.79 Å². The lowest BCUT2D eigenvalue weighted by Crippen LogP contribution is -2.43. The summed E-state index contributed by atoms with van der Waals surface area (Å²) in [4.78, 5) is 12.2. The van der Waals surface area contributed by atoms with Gasteiger partial charge in [0.25, 0.3) is 0 Å². The fourth-order valence-corrected chi connectivity index (χ4v) is 3.43. The van der Waals surface area contributed by atoms with E-state index in [1.807, 2.05) is 29.0 Å². The lowest BCUT2D eigenvalue weighted by molar-refractivity contribution is -0.121. The maximum atomic E-state index is 12.2. The van der Waals surface area contributed by atoms with Crippen molar-refractivity contribution in [2.45, 2.75) is 45.4 Å². The molecular formula is C19H27N3O2Si. The topological polar surface area (TPSA) is 67.0 Å². The van der Waals surface area contributed by atoms with Gasteiger partial charge in [0.2, 0.25) is 5.91 Å². The van der Waals surface area contributed by atoms with Crippen LogP contribution in [0.2, 0.25) is 18.1 Å². The number of hydrogen-bond acceptors (Lipinski definition) is 3. The molecule has 0 radical (unpaired) electrons. The number of rotatable bonds is 6. The quantitative estimate of drug-likeness (QED) is 0.634. The van der Waals surface area contributed by atoms with Crippen molar-refractivity contribution in [3.8, 4) is 6.07 Å². The fraction of sp³-hybridized carbons (Fsp3) is 0.474. The summed E-state index contributed by atoms with van der Waals surface area (Å²) in [5, 5.41) is 13.1. The molecule has 1 N–H and O–H groups in total. The van der Waals surface area contributed by atoms with E-state index in [-0.39, 0.29) is 17.5 Å². The maximum absolute atomic E-state index is 12.2. The second-order valence-electron chi connectivity index (χ2n) is 7.75. The number of benzene rings is 1. The first kappa shape index (κ1) is 19.2. The SMILES string of the molecule is CC(C)(C)[Si](C)(C)OCCNC(=O)Cn1ccc2c(C#N)cccc21. The van der Waals surface area contributed by atoms with E-state index >= 15 is 0 Å². The molecule has 2 rings (SSSR count). The number of aromatic nitrogens is 1. The van der Waals surface area contributed by atoms with Gasteiger partial charge in [-0.3, -0.25) is 4.79 Å². The molecule has 0 fully saturated rings. The summed E-state index contributed by atoms with van der Waals surface area (Å²) in [5.41, 5.74) is 1.52. The van der Waals surface area contributed by atoms with Gasteiger partial charge < -0.3 is 14.3 Å². The number of fused-ring (bicyclic) bond motifs is 1. The van der Waals surface area contributed by atoms with Crippen LogP contribution in [0.15, 0.2) is 30.5 Å². The van der Waals surface area contributed by atoms with E-state index < -0.39 is 8.32 Å². The van der Waals surface area contributed by atoms with Crippen LogP contribution in [0, 0.1) is 11.3 Å². The molecule has 0 atom stereocenters. The largest absolute Gasteiger partial charge is 0.415 e. The summed E-state index contributed by atoms with van der Waals surface area (Å²) in [7, 11) is -1.77. The number of hydrogen-bond donors (Lipinski definition) is 1. The highest BCUT2D eigenvalue weighted by Gasteiger charge is 2.36. The van der Waals surface area contributed by atoms with Crippen LogP contribution in [0.5, 0.6) is 0 Å². The number of carbonyl (C=O) groups is 1. The number of amides is 1. The van der Waals surface area contributed by atoms with Crippen molar-refractivity contribution in [3.63, 3.8) is 0 Å². The molecule has 0 aliphatic heterocycles. The smallest absolute Gasteiger partial charge is 0.240 e. The third-order valence-corrected chi connectivity index (χ3v) is 9.48. The molecule has 0 spiro atoms. The molecule has 1 aromatic heterocycles. The van der Waals surface area contributed by atoms with Gasteiger partial charge in [0.05, 0.1) is 18.2 Å². The normalized spacial score (nSPS) is 12.2. The molecule has 1 aromatic carbocycles. The molecular weight excluding hydrogens is 330 g/mol. The van der Waals surface area contributed by atoms with Crippen LogP contribution < -0.4 is 5.32 Å². The number of nitrogens with zero attached hydrogens (tertiary/aromatic N) is 2. The molecule has 0 saturated carbocycles. The van der Waals surface area contributed by atoms with Crippen LogP contribution in [-0.2, 0) is 15.8 Å². The van der Waals surface area contributed by atoms with Crippen molar-refractivity contribution < 1.29 is 9.22 Å². The Morgan fingerprint density at radius 2 is 2.04 bits per heavy atom. The first-order valence-electron chi connectivity index (χ1n) is 8.54. The fourth-order valence-electron chi connectivity index (χ4n) is 2.38. The van der Waals surface area contributed by atoms with Crippen LogP contribution in [-0.4, -0.2) is 31.9 Å². The Morgan fingerprint density at radius 3 is 2.68 bits per heavy atom. The highest BCUT2D eigenvalue weighted by atomic mass is 28.4. The minimum Gasteiger partial charge on any atom is -0.415 e. The van der Waals surface area contributed by atoms with Crippen LogP contribution >= 0.6 is 0 Å². The molecule has 0 aliphatic rings. The second kappa shape index (κ2) is 7.42. The Bertz CT molecular complexity index is 797. The zero-order valence-electron chi connectivity index (χ0n) is 15.7. The van der Waals surface area contributed by atoms with Crippen molar-refractivity contribution in [1.82, 2.24) is 9.88 Å². The Labute approximate surface area is 150 Å². The molecule has 5 nitrogen and oxygen atoms in total. The van der Waals surface area contributed by atoms with Gasteiger partial charge in [0.1, 0.15) is 6.54 Å². The minimum atomic E-state index is -1.77. The second-order valence-corrected chi connectivity index (χ2v) is 12.6. The van der Waals surface area contributed by atoms with E-state index in [1.165, 1.54) is 0 Å². The van der Waals surface area contributed by atoms with Crippen LogP contribution in [0.1, 0.15) is 26.3 Å². The third-order valence-electron chi connectivity index (χ3n) is 4.94. The van der Waals surface area contributed by atoms with Gasteiger partial charge in [-0.25, -0.2) is 0 Å². The van der Waals surface area contributed by atoms with Gasteiger partial charge in [-0.15, -0.1) is 0 Å². The highest BCUT2D eigenvalue weighted by molar-refractivity contribution is 6.74. The molecule has 25 heavy (non-hydrogen) atoms. The van der Waals surface area contributed by atoms with Crippen molar-refractivity contribution >= 4 is 25.1 Å². The van der Waals surface area contributed by atoms with E-state index in [2.05, 4.69) is 45.3 Å². The van der Waals surface area contributed by atoms with Gasteiger partial charge in [-0.05, 0) is 36.3 Å². The predicted octanol–water partition coefficient (Wildman–Crippen LogP) is 3.65. The molecule has 134 valence electrons. The van der Waals surface area contributed by atoms with Crippen molar-refractivity contribution in [2.24, 2.45) is 0 Å². The summed E-state index contributed by atoms with van der Waals surface area (Å²) in [5.74, 6) is -0.0568. The van der Waals surface area contributed by atoms with Gasteiger partial charge >= 0.3 is 0 Å².